The van der Waals surface area contributed by atoms with Crippen LogP contribution in [0, 0.1) is 5.92 Å². The van der Waals surface area contributed by atoms with Crippen LogP contribution in [0.15, 0.2) is 30.6 Å². The lowest BCUT2D eigenvalue weighted by Gasteiger charge is -2.12. The quantitative estimate of drug-likeness (QED) is 0.731. The molecular weight excluding hydrogens is 226 g/mol. The highest BCUT2D eigenvalue weighted by Crippen LogP contribution is 2.13. The first kappa shape index (κ1) is 13.1. The third kappa shape index (κ3) is 3.31. The fourth-order valence-corrected chi connectivity index (χ4v) is 2.08. The second kappa shape index (κ2) is 6.52. The van der Waals surface area contributed by atoms with Gasteiger partial charge in [-0.15, -0.1) is 0 Å². The van der Waals surface area contributed by atoms with Crippen LogP contribution in [0.1, 0.15) is 13.3 Å². The molecule has 0 aliphatic rings. The number of benzene rings is 1. The van der Waals surface area contributed by atoms with Gasteiger partial charge >= 0.3 is 0 Å². The van der Waals surface area contributed by atoms with E-state index in [4.69, 9.17) is 5.11 Å². The van der Waals surface area contributed by atoms with Gasteiger partial charge in [0.1, 0.15) is 0 Å². The van der Waals surface area contributed by atoms with Gasteiger partial charge in [-0.2, -0.15) is 0 Å². The van der Waals surface area contributed by atoms with E-state index in [1.165, 1.54) is 5.52 Å². The maximum absolute atomic E-state index is 8.70. The zero-order valence-corrected chi connectivity index (χ0v) is 10.8. The molecule has 1 atom stereocenters. The number of imidazole rings is 1. The summed E-state index contributed by atoms with van der Waals surface area (Å²) in [5, 5.41) is 11.9. The summed E-state index contributed by atoms with van der Waals surface area (Å²) in [6.45, 7) is 5.05. The predicted octanol–water partition coefficient (Wildman–Crippen LogP) is 1.64. The Morgan fingerprint density at radius 3 is 3.06 bits per heavy atom. The van der Waals surface area contributed by atoms with Gasteiger partial charge in [-0.3, -0.25) is 0 Å². The molecule has 2 rings (SSSR count). The van der Waals surface area contributed by atoms with Gasteiger partial charge < -0.3 is 15.0 Å². The Kier molecular flexibility index (Phi) is 4.73. The summed E-state index contributed by atoms with van der Waals surface area (Å²) in [5.74, 6) is 0.595. The normalized spacial score (nSPS) is 13.0. The van der Waals surface area contributed by atoms with Crippen LogP contribution in [0.5, 0.6) is 0 Å². The van der Waals surface area contributed by atoms with Crippen molar-refractivity contribution in [3.8, 4) is 0 Å². The molecule has 2 N–H and O–H groups in total. The smallest absolute Gasteiger partial charge is 0.0958 e. The molecular formula is C14H21N3O. The van der Waals surface area contributed by atoms with Gasteiger partial charge in [-0.25, -0.2) is 4.98 Å². The molecule has 1 aromatic heterocycles. The molecule has 0 aliphatic heterocycles. The molecule has 98 valence electrons. The van der Waals surface area contributed by atoms with E-state index in [1.807, 2.05) is 24.5 Å². The Balaban J connectivity index is 1.86. The van der Waals surface area contributed by atoms with Gasteiger partial charge in [0.15, 0.2) is 0 Å². The predicted molar refractivity (Wildman–Crippen MR) is 73.5 cm³/mol. The molecule has 1 heterocycles. The van der Waals surface area contributed by atoms with E-state index in [2.05, 4.69) is 27.9 Å². The topological polar surface area (TPSA) is 50.1 Å². The Bertz CT molecular complexity index is 481. The molecule has 18 heavy (non-hydrogen) atoms. The standard InChI is InChI=1S/C14H21N3O/c1-12(10-15-7-9-18)6-8-17-11-16-13-4-2-3-5-14(13)17/h2-5,11-12,15,18H,6-10H2,1H3. The first-order valence-corrected chi connectivity index (χ1v) is 6.52. The van der Waals surface area contributed by atoms with Crippen LogP contribution in [-0.2, 0) is 6.54 Å². The second-order valence-electron chi connectivity index (χ2n) is 4.75. The van der Waals surface area contributed by atoms with Crippen LogP contribution in [-0.4, -0.2) is 34.4 Å². The van der Waals surface area contributed by atoms with Gasteiger partial charge in [-0.05, 0) is 31.0 Å². The Labute approximate surface area is 108 Å². The fraction of sp³-hybridized carbons (Fsp3) is 0.500. The van der Waals surface area contributed by atoms with E-state index in [-0.39, 0.29) is 6.61 Å². The van der Waals surface area contributed by atoms with Gasteiger partial charge in [0.2, 0.25) is 0 Å². The molecule has 0 radical (unpaired) electrons. The van der Waals surface area contributed by atoms with Crippen LogP contribution in [0.25, 0.3) is 11.0 Å². The Hall–Kier alpha value is -1.39. The third-order valence-corrected chi connectivity index (χ3v) is 3.17. The van der Waals surface area contributed by atoms with Crippen LogP contribution < -0.4 is 5.32 Å². The van der Waals surface area contributed by atoms with Gasteiger partial charge in [0, 0.05) is 13.1 Å². The number of fused-ring (bicyclic) bond motifs is 1. The summed E-state index contributed by atoms with van der Waals surface area (Å²) in [5.41, 5.74) is 2.26. The van der Waals surface area contributed by atoms with Crippen molar-refractivity contribution in [3.63, 3.8) is 0 Å². The monoisotopic (exact) mass is 247 g/mol. The number of nitrogens with one attached hydrogen (secondary N) is 1. The highest BCUT2D eigenvalue weighted by atomic mass is 16.3. The Morgan fingerprint density at radius 2 is 2.22 bits per heavy atom. The minimum atomic E-state index is 0.207. The third-order valence-electron chi connectivity index (χ3n) is 3.17. The number of nitrogens with zero attached hydrogens (tertiary/aromatic N) is 2. The summed E-state index contributed by atoms with van der Waals surface area (Å²) in [6, 6.07) is 8.21. The van der Waals surface area contributed by atoms with E-state index >= 15 is 0 Å². The zero-order valence-electron chi connectivity index (χ0n) is 10.8. The molecule has 1 unspecified atom stereocenters. The molecule has 4 heteroatoms. The lowest BCUT2D eigenvalue weighted by molar-refractivity contribution is 0.287. The average molecular weight is 247 g/mol. The van der Waals surface area contributed by atoms with E-state index in [1.54, 1.807) is 0 Å². The van der Waals surface area contributed by atoms with Crippen molar-refractivity contribution < 1.29 is 5.11 Å². The minimum absolute atomic E-state index is 0.207. The van der Waals surface area contributed by atoms with Crippen molar-refractivity contribution in [1.29, 1.82) is 0 Å². The number of aryl methyl sites for hydroxylation is 1. The van der Waals surface area contributed by atoms with Gasteiger partial charge in [0.25, 0.3) is 0 Å². The summed E-state index contributed by atoms with van der Waals surface area (Å²) in [6.07, 6.45) is 3.03. The summed E-state index contributed by atoms with van der Waals surface area (Å²) >= 11 is 0. The van der Waals surface area contributed by atoms with Crippen LogP contribution in [0.3, 0.4) is 0 Å². The number of para-hydroxylation sites is 2. The highest BCUT2D eigenvalue weighted by Gasteiger charge is 2.05. The summed E-state index contributed by atoms with van der Waals surface area (Å²) in [4.78, 5) is 4.39. The van der Waals surface area contributed by atoms with Gasteiger partial charge in [0.05, 0.1) is 24.0 Å². The van der Waals surface area contributed by atoms with E-state index in [0.29, 0.717) is 12.5 Å². The van der Waals surface area contributed by atoms with Crippen molar-refractivity contribution in [2.45, 2.75) is 19.9 Å². The van der Waals surface area contributed by atoms with Gasteiger partial charge in [-0.1, -0.05) is 19.1 Å². The molecule has 0 spiro atoms. The van der Waals surface area contributed by atoms with Crippen molar-refractivity contribution >= 4 is 11.0 Å². The number of aliphatic hydroxyl groups excluding tert-OH is 1. The number of aliphatic hydroxyl groups is 1. The largest absolute Gasteiger partial charge is 0.395 e. The summed E-state index contributed by atoms with van der Waals surface area (Å²) in [7, 11) is 0. The first-order valence-electron chi connectivity index (χ1n) is 6.52. The fourth-order valence-electron chi connectivity index (χ4n) is 2.08. The molecule has 0 saturated heterocycles. The molecule has 0 saturated carbocycles. The summed E-state index contributed by atoms with van der Waals surface area (Å²) < 4.78 is 2.21. The van der Waals surface area contributed by atoms with Crippen molar-refractivity contribution in [2.24, 2.45) is 5.92 Å². The highest BCUT2D eigenvalue weighted by molar-refractivity contribution is 5.74. The SMILES string of the molecule is CC(CCn1cnc2ccccc21)CNCCO. The maximum atomic E-state index is 8.70. The molecule has 0 bridgehead atoms. The molecule has 0 aliphatic carbocycles. The van der Waals surface area contributed by atoms with Crippen LogP contribution in [0.2, 0.25) is 0 Å². The number of hydrogen-bond donors (Lipinski definition) is 2. The molecule has 4 nitrogen and oxygen atoms in total. The van der Waals surface area contributed by atoms with Crippen molar-refractivity contribution in [1.82, 2.24) is 14.9 Å². The van der Waals surface area contributed by atoms with Crippen LogP contribution >= 0.6 is 0 Å². The molecule has 1 aromatic carbocycles. The van der Waals surface area contributed by atoms with E-state index in [9.17, 15) is 0 Å². The minimum Gasteiger partial charge on any atom is -0.395 e. The molecule has 2 aromatic rings. The maximum Gasteiger partial charge on any atom is 0.0958 e. The van der Waals surface area contributed by atoms with Crippen LogP contribution in [0.4, 0.5) is 0 Å². The average Bonchev–Trinajstić information content (AvgIpc) is 2.80. The number of rotatable bonds is 7. The number of hydrogen-bond acceptors (Lipinski definition) is 3. The van der Waals surface area contributed by atoms with Crippen molar-refractivity contribution in [3.05, 3.63) is 30.6 Å². The molecule has 0 amide bonds. The molecule has 0 fully saturated rings. The zero-order chi connectivity index (χ0) is 12.8. The lowest BCUT2D eigenvalue weighted by atomic mass is 10.1. The Morgan fingerprint density at radius 1 is 1.39 bits per heavy atom. The van der Waals surface area contributed by atoms with Crippen molar-refractivity contribution in [2.75, 3.05) is 19.7 Å². The first-order chi connectivity index (χ1) is 8.81. The van der Waals surface area contributed by atoms with E-state index < -0.39 is 0 Å². The second-order valence-corrected chi connectivity index (χ2v) is 4.75. The van der Waals surface area contributed by atoms with E-state index in [0.717, 1.165) is 25.0 Å². The number of aromatic nitrogens is 2. The lowest BCUT2D eigenvalue weighted by Crippen LogP contribution is -2.24.